The summed E-state index contributed by atoms with van der Waals surface area (Å²) >= 11 is 0. The van der Waals surface area contributed by atoms with Crippen LogP contribution in [-0.4, -0.2) is 22.7 Å². The van der Waals surface area contributed by atoms with Crippen molar-refractivity contribution in [2.45, 2.75) is 32.4 Å². The molecule has 0 aliphatic carbocycles. The Hall–Kier alpha value is -1.45. The Morgan fingerprint density at radius 3 is 2.72 bits per heavy atom. The van der Waals surface area contributed by atoms with Crippen LogP contribution in [0, 0.1) is 0 Å². The molecule has 0 fully saturated rings. The van der Waals surface area contributed by atoms with Gasteiger partial charge in [-0.1, -0.05) is 38.1 Å². The molecule has 0 bridgehead atoms. The first kappa shape index (κ1) is 13.0. The Bertz CT molecular complexity index is 505. The number of rotatable bonds is 5. The van der Waals surface area contributed by atoms with Gasteiger partial charge in [0.15, 0.2) is 0 Å². The van der Waals surface area contributed by atoms with Crippen molar-refractivity contribution in [3.63, 3.8) is 0 Å². The number of hydrogen-bond acceptors (Lipinski definition) is 3. The van der Waals surface area contributed by atoms with E-state index in [-0.39, 0.29) is 12.6 Å². The smallest absolute Gasteiger partial charge is 0.0652 e. The monoisotopic (exact) mass is 244 g/mol. The molecule has 0 aliphatic heterocycles. The number of pyridine rings is 1. The number of nitrogens with zero attached hydrogens (tertiary/aromatic N) is 1. The zero-order valence-electron chi connectivity index (χ0n) is 10.9. The fourth-order valence-corrected chi connectivity index (χ4v) is 2.25. The Morgan fingerprint density at radius 1 is 1.22 bits per heavy atom. The van der Waals surface area contributed by atoms with Crippen LogP contribution in [0.3, 0.4) is 0 Å². The average molecular weight is 244 g/mol. The molecule has 0 saturated carbocycles. The average Bonchev–Trinajstić information content (AvgIpc) is 2.37. The molecular weight excluding hydrogens is 224 g/mol. The number of aliphatic hydroxyl groups is 1. The largest absolute Gasteiger partial charge is 0.396 e. The number of aromatic nitrogens is 1. The highest BCUT2D eigenvalue weighted by molar-refractivity contribution is 5.84. The van der Waals surface area contributed by atoms with E-state index in [1.54, 1.807) is 0 Å². The number of aliphatic hydroxyl groups excluding tert-OH is 1. The van der Waals surface area contributed by atoms with Crippen molar-refractivity contribution in [2.24, 2.45) is 0 Å². The SMILES string of the molecule is CC(C)NC(CCO)c1nccc2ccccc12. The topological polar surface area (TPSA) is 45.1 Å². The van der Waals surface area contributed by atoms with Crippen LogP contribution in [0.15, 0.2) is 36.5 Å². The molecular formula is C15H20N2O. The van der Waals surface area contributed by atoms with E-state index >= 15 is 0 Å². The summed E-state index contributed by atoms with van der Waals surface area (Å²) < 4.78 is 0. The summed E-state index contributed by atoms with van der Waals surface area (Å²) in [5.41, 5.74) is 1.02. The van der Waals surface area contributed by atoms with Gasteiger partial charge < -0.3 is 10.4 Å². The fourth-order valence-electron chi connectivity index (χ4n) is 2.25. The highest BCUT2D eigenvalue weighted by Crippen LogP contribution is 2.24. The molecule has 1 unspecified atom stereocenters. The van der Waals surface area contributed by atoms with Gasteiger partial charge in [0.05, 0.1) is 11.7 Å². The van der Waals surface area contributed by atoms with Gasteiger partial charge in [0, 0.05) is 24.2 Å². The van der Waals surface area contributed by atoms with Gasteiger partial charge >= 0.3 is 0 Å². The van der Waals surface area contributed by atoms with Gasteiger partial charge in [0.2, 0.25) is 0 Å². The number of benzene rings is 1. The molecule has 2 aromatic rings. The normalized spacial score (nSPS) is 13.1. The molecule has 2 N–H and O–H groups in total. The van der Waals surface area contributed by atoms with Gasteiger partial charge in [0.25, 0.3) is 0 Å². The number of nitrogens with one attached hydrogen (secondary N) is 1. The van der Waals surface area contributed by atoms with Crippen LogP contribution in [0.4, 0.5) is 0 Å². The molecule has 96 valence electrons. The minimum atomic E-state index is 0.0982. The lowest BCUT2D eigenvalue weighted by molar-refractivity contribution is 0.260. The highest BCUT2D eigenvalue weighted by atomic mass is 16.3. The summed E-state index contributed by atoms with van der Waals surface area (Å²) in [7, 11) is 0. The lowest BCUT2D eigenvalue weighted by Crippen LogP contribution is -2.29. The van der Waals surface area contributed by atoms with E-state index in [1.165, 1.54) is 5.39 Å². The van der Waals surface area contributed by atoms with E-state index < -0.39 is 0 Å². The third kappa shape index (κ3) is 2.86. The summed E-state index contributed by atoms with van der Waals surface area (Å²) in [5, 5.41) is 15.0. The molecule has 0 saturated heterocycles. The molecule has 0 radical (unpaired) electrons. The van der Waals surface area contributed by atoms with Crippen LogP contribution >= 0.6 is 0 Å². The minimum absolute atomic E-state index is 0.0982. The molecule has 1 atom stereocenters. The molecule has 0 spiro atoms. The maximum Gasteiger partial charge on any atom is 0.0652 e. The molecule has 1 heterocycles. The van der Waals surface area contributed by atoms with E-state index in [4.69, 9.17) is 0 Å². The van der Waals surface area contributed by atoms with Crippen LogP contribution in [0.25, 0.3) is 10.8 Å². The van der Waals surface area contributed by atoms with E-state index in [9.17, 15) is 5.11 Å². The van der Waals surface area contributed by atoms with Crippen LogP contribution < -0.4 is 5.32 Å². The maximum absolute atomic E-state index is 9.22. The zero-order valence-corrected chi connectivity index (χ0v) is 10.9. The minimum Gasteiger partial charge on any atom is -0.396 e. The summed E-state index contributed by atoms with van der Waals surface area (Å²) in [6.45, 7) is 4.38. The Morgan fingerprint density at radius 2 is 2.00 bits per heavy atom. The van der Waals surface area contributed by atoms with Gasteiger partial charge in [0.1, 0.15) is 0 Å². The molecule has 1 aromatic carbocycles. The molecule has 2 rings (SSSR count). The standard InChI is InChI=1S/C15H20N2O/c1-11(2)17-14(8-10-18)15-13-6-4-3-5-12(13)7-9-16-15/h3-7,9,11,14,17-18H,8,10H2,1-2H3. The van der Waals surface area contributed by atoms with Gasteiger partial charge in [-0.3, -0.25) is 4.98 Å². The summed E-state index contributed by atoms with van der Waals surface area (Å²) in [6.07, 6.45) is 2.52. The van der Waals surface area contributed by atoms with Gasteiger partial charge in [-0.2, -0.15) is 0 Å². The van der Waals surface area contributed by atoms with Crippen molar-refractivity contribution >= 4 is 10.8 Å². The summed E-state index contributed by atoms with van der Waals surface area (Å²) in [5.74, 6) is 0. The lowest BCUT2D eigenvalue weighted by Gasteiger charge is -2.21. The predicted molar refractivity (Wildman–Crippen MR) is 74.5 cm³/mol. The third-order valence-corrected chi connectivity index (χ3v) is 2.99. The molecule has 0 aliphatic rings. The first-order valence-electron chi connectivity index (χ1n) is 6.43. The van der Waals surface area contributed by atoms with Crippen molar-refractivity contribution in [1.82, 2.24) is 10.3 Å². The second-order valence-corrected chi connectivity index (χ2v) is 4.80. The van der Waals surface area contributed by atoms with Gasteiger partial charge in [-0.05, 0) is 17.9 Å². The van der Waals surface area contributed by atoms with Crippen molar-refractivity contribution in [3.05, 3.63) is 42.2 Å². The summed E-state index contributed by atoms with van der Waals surface area (Å²) in [4.78, 5) is 4.51. The Kier molecular flexibility index (Phi) is 4.28. The van der Waals surface area contributed by atoms with Crippen LogP contribution in [0.5, 0.6) is 0 Å². The maximum atomic E-state index is 9.22. The second-order valence-electron chi connectivity index (χ2n) is 4.80. The van der Waals surface area contributed by atoms with Crippen molar-refractivity contribution < 1.29 is 5.11 Å². The summed E-state index contributed by atoms with van der Waals surface area (Å²) in [6, 6.07) is 10.7. The predicted octanol–water partition coefficient (Wildman–Crippen LogP) is 2.66. The van der Waals surface area contributed by atoms with Gasteiger partial charge in [-0.15, -0.1) is 0 Å². The second kappa shape index (κ2) is 5.94. The zero-order chi connectivity index (χ0) is 13.0. The van der Waals surface area contributed by atoms with E-state index in [1.807, 2.05) is 24.4 Å². The van der Waals surface area contributed by atoms with Crippen LogP contribution in [0.2, 0.25) is 0 Å². The Balaban J connectivity index is 2.43. The van der Waals surface area contributed by atoms with E-state index in [0.717, 1.165) is 11.1 Å². The van der Waals surface area contributed by atoms with Gasteiger partial charge in [-0.25, -0.2) is 0 Å². The number of fused-ring (bicyclic) bond motifs is 1. The quantitative estimate of drug-likeness (QED) is 0.850. The molecule has 3 heteroatoms. The Labute approximate surface area is 108 Å². The van der Waals surface area contributed by atoms with Crippen LogP contribution in [0.1, 0.15) is 32.0 Å². The molecule has 1 aromatic heterocycles. The lowest BCUT2D eigenvalue weighted by atomic mass is 10.0. The third-order valence-electron chi connectivity index (χ3n) is 2.99. The molecule has 18 heavy (non-hydrogen) atoms. The highest BCUT2D eigenvalue weighted by Gasteiger charge is 2.15. The number of hydrogen-bond donors (Lipinski definition) is 2. The van der Waals surface area contributed by atoms with Crippen molar-refractivity contribution in [3.8, 4) is 0 Å². The van der Waals surface area contributed by atoms with Crippen LogP contribution in [-0.2, 0) is 0 Å². The van der Waals surface area contributed by atoms with Crippen molar-refractivity contribution in [1.29, 1.82) is 0 Å². The van der Waals surface area contributed by atoms with E-state index in [2.05, 4.69) is 36.3 Å². The molecule has 3 nitrogen and oxygen atoms in total. The first-order chi connectivity index (χ1) is 8.72. The molecule has 0 amide bonds. The van der Waals surface area contributed by atoms with E-state index in [0.29, 0.717) is 12.5 Å². The first-order valence-corrected chi connectivity index (χ1v) is 6.43. The van der Waals surface area contributed by atoms with Crippen molar-refractivity contribution in [2.75, 3.05) is 6.61 Å². The fraction of sp³-hybridized carbons (Fsp3) is 0.400.